The summed E-state index contributed by atoms with van der Waals surface area (Å²) in [6, 6.07) is 6.51. The van der Waals surface area contributed by atoms with E-state index in [1.165, 1.54) is 24.2 Å². The first-order valence-electron chi connectivity index (χ1n) is 6.17. The molecule has 0 aromatic heterocycles. The summed E-state index contributed by atoms with van der Waals surface area (Å²) in [7, 11) is 4.46. The molecule has 0 unspecified atom stereocenters. The van der Waals surface area contributed by atoms with Crippen LogP contribution < -0.4 is 0 Å². The van der Waals surface area contributed by atoms with Gasteiger partial charge in [0.15, 0.2) is 6.61 Å². The molecule has 1 aromatic rings. The van der Waals surface area contributed by atoms with E-state index in [-0.39, 0.29) is 12.5 Å². The van der Waals surface area contributed by atoms with Gasteiger partial charge in [0.1, 0.15) is 0 Å². The largest absolute Gasteiger partial charge is 0.465 e. The first kappa shape index (κ1) is 16.4. The second kappa shape index (κ2) is 7.84. The average Bonchev–Trinajstić information content (AvgIpc) is 2.50. The van der Waals surface area contributed by atoms with E-state index in [1.54, 1.807) is 38.4 Å². The molecule has 0 heterocycles. The topological polar surface area (TPSA) is 72.9 Å². The maximum Gasteiger partial charge on any atom is 0.337 e. The van der Waals surface area contributed by atoms with Crippen LogP contribution >= 0.6 is 0 Å². The minimum absolute atomic E-state index is 0.292. The van der Waals surface area contributed by atoms with Crippen LogP contribution in [0.4, 0.5) is 0 Å². The highest BCUT2D eigenvalue weighted by atomic mass is 16.5. The normalized spacial score (nSPS) is 10.2. The molecule has 6 heteroatoms. The number of hydrogen-bond acceptors (Lipinski definition) is 5. The molecule has 0 bridgehead atoms. The van der Waals surface area contributed by atoms with Crippen molar-refractivity contribution in [2.45, 2.75) is 0 Å². The highest BCUT2D eigenvalue weighted by molar-refractivity contribution is 5.91. The Balaban J connectivity index is 2.54. The Bertz CT molecular complexity index is 546. The minimum atomic E-state index is -0.609. The number of amides is 1. The summed E-state index contributed by atoms with van der Waals surface area (Å²) in [6.07, 6.45) is 2.75. The second-order valence-electron chi connectivity index (χ2n) is 4.34. The van der Waals surface area contributed by atoms with Crippen molar-refractivity contribution in [3.8, 4) is 0 Å². The summed E-state index contributed by atoms with van der Waals surface area (Å²) in [5, 5.41) is 0. The molecule has 0 atom stereocenters. The van der Waals surface area contributed by atoms with E-state index in [4.69, 9.17) is 4.74 Å². The van der Waals surface area contributed by atoms with E-state index >= 15 is 0 Å². The highest BCUT2D eigenvalue weighted by Gasteiger charge is 2.07. The van der Waals surface area contributed by atoms with Gasteiger partial charge in [-0.2, -0.15) is 0 Å². The molecule has 0 saturated heterocycles. The van der Waals surface area contributed by atoms with E-state index in [2.05, 4.69) is 4.74 Å². The van der Waals surface area contributed by atoms with Gasteiger partial charge in [-0.1, -0.05) is 12.1 Å². The molecular formula is C15H17NO5. The zero-order chi connectivity index (χ0) is 15.8. The Morgan fingerprint density at radius 3 is 2.29 bits per heavy atom. The first-order chi connectivity index (χ1) is 9.93. The van der Waals surface area contributed by atoms with Crippen LogP contribution in [0.25, 0.3) is 6.08 Å². The third kappa shape index (κ3) is 5.48. The van der Waals surface area contributed by atoms with Crippen molar-refractivity contribution in [2.24, 2.45) is 0 Å². The zero-order valence-electron chi connectivity index (χ0n) is 12.2. The summed E-state index contributed by atoms with van der Waals surface area (Å²) >= 11 is 0. The van der Waals surface area contributed by atoms with Crippen LogP contribution in [0.2, 0.25) is 0 Å². The lowest BCUT2D eigenvalue weighted by atomic mass is 10.1. The van der Waals surface area contributed by atoms with Gasteiger partial charge in [-0.05, 0) is 23.8 Å². The number of likely N-dealkylation sites (N-methyl/N-ethyl adjacent to an activating group) is 1. The Hall–Kier alpha value is -2.63. The molecule has 21 heavy (non-hydrogen) atoms. The fraction of sp³-hybridized carbons (Fsp3) is 0.267. The predicted molar refractivity (Wildman–Crippen MR) is 76.5 cm³/mol. The van der Waals surface area contributed by atoms with E-state index < -0.39 is 11.9 Å². The summed E-state index contributed by atoms with van der Waals surface area (Å²) in [6.45, 7) is -0.294. The van der Waals surface area contributed by atoms with Crippen LogP contribution in [0.5, 0.6) is 0 Å². The summed E-state index contributed by atoms with van der Waals surface area (Å²) < 4.78 is 9.36. The van der Waals surface area contributed by atoms with Crippen LogP contribution in [0.15, 0.2) is 30.3 Å². The van der Waals surface area contributed by atoms with Gasteiger partial charge in [-0.25, -0.2) is 9.59 Å². The van der Waals surface area contributed by atoms with Gasteiger partial charge in [0.25, 0.3) is 5.91 Å². The van der Waals surface area contributed by atoms with Gasteiger partial charge in [0, 0.05) is 20.2 Å². The van der Waals surface area contributed by atoms with Crippen LogP contribution in [0.1, 0.15) is 15.9 Å². The molecule has 0 aliphatic rings. The van der Waals surface area contributed by atoms with Crippen molar-refractivity contribution in [1.82, 2.24) is 4.90 Å². The average molecular weight is 291 g/mol. The number of esters is 2. The van der Waals surface area contributed by atoms with E-state index in [9.17, 15) is 14.4 Å². The third-order valence-corrected chi connectivity index (χ3v) is 2.58. The highest BCUT2D eigenvalue weighted by Crippen LogP contribution is 2.07. The lowest BCUT2D eigenvalue weighted by molar-refractivity contribution is -0.146. The number of carbonyl (C=O) groups is 3. The maximum absolute atomic E-state index is 11.4. The summed E-state index contributed by atoms with van der Waals surface area (Å²) in [5.74, 6) is -1.33. The molecule has 0 aliphatic heterocycles. The number of rotatable bonds is 5. The number of carbonyl (C=O) groups excluding carboxylic acids is 3. The minimum Gasteiger partial charge on any atom is -0.465 e. The molecule has 1 amide bonds. The fourth-order valence-electron chi connectivity index (χ4n) is 1.32. The molecular weight excluding hydrogens is 274 g/mol. The standard InChI is InChI=1S/C15H17NO5/c1-16(2)13(17)10-21-14(18)9-6-11-4-7-12(8-5-11)15(19)20-3/h4-9H,10H2,1-3H3. The Morgan fingerprint density at radius 1 is 1.14 bits per heavy atom. The number of benzene rings is 1. The van der Waals surface area contributed by atoms with Crippen LogP contribution in [0, 0.1) is 0 Å². The Labute approximate surface area is 122 Å². The van der Waals surface area contributed by atoms with E-state index in [0.717, 1.165) is 5.56 Å². The van der Waals surface area contributed by atoms with Crippen LogP contribution in [-0.2, 0) is 19.1 Å². The summed E-state index contributed by atoms with van der Waals surface area (Å²) in [4.78, 5) is 35.2. The molecule has 0 fully saturated rings. The molecule has 112 valence electrons. The van der Waals surface area contributed by atoms with Gasteiger partial charge in [-0.3, -0.25) is 4.79 Å². The third-order valence-electron chi connectivity index (χ3n) is 2.58. The van der Waals surface area contributed by atoms with E-state index in [0.29, 0.717) is 5.56 Å². The molecule has 0 N–H and O–H groups in total. The van der Waals surface area contributed by atoms with Gasteiger partial charge in [-0.15, -0.1) is 0 Å². The van der Waals surface area contributed by atoms with Crippen LogP contribution in [0.3, 0.4) is 0 Å². The molecule has 6 nitrogen and oxygen atoms in total. The second-order valence-corrected chi connectivity index (χ2v) is 4.34. The van der Waals surface area contributed by atoms with E-state index in [1.807, 2.05) is 0 Å². The number of methoxy groups -OCH3 is 1. The van der Waals surface area contributed by atoms with Crippen molar-refractivity contribution >= 4 is 23.9 Å². The Kier molecular flexibility index (Phi) is 6.13. The van der Waals surface area contributed by atoms with Crippen molar-refractivity contribution in [3.05, 3.63) is 41.5 Å². The molecule has 0 radical (unpaired) electrons. The monoisotopic (exact) mass is 291 g/mol. The van der Waals surface area contributed by atoms with Gasteiger partial charge >= 0.3 is 11.9 Å². The maximum atomic E-state index is 11.4. The molecule has 0 saturated carbocycles. The van der Waals surface area contributed by atoms with Crippen LogP contribution in [-0.4, -0.2) is 50.6 Å². The predicted octanol–water partition coefficient (Wildman–Crippen LogP) is 1.12. The number of nitrogens with zero attached hydrogens (tertiary/aromatic N) is 1. The SMILES string of the molecule is COC(=O)c1ccc(C=CC(=O)OCC(=O)N(C)C)cc1. The molecule has 0 aliphatic carbocycles. The van der Waals surface area contributed by atoms with Crippen molar-refractivity contribution in [3.63, 3.8) is 0 Å². The molecule has 1 rings (SSSR count). The smallest absolute Gasteiger partial charge is 0.337 e. The molecule has 0 spiro atoms. The lowest BCUT2D eigenvalue weighted by Gasteiger charge is -2.09. The molecule has 1 aromatic carbocycles. The Morgan fingerprint density at radius 2 is 1.76 bits per heavy atom. The van der Waals surface area contributed by atoms with Gasteiger partial charge < -0.3 is 14.4 Å². The quantitative estimate of drug-likeness (QED) is 0.600. The number of ether oxygens (including phenoxy) is 2. The van der Waals surface area contributed by atoms with Gasteiger partial charge in [0.05, 0.1) is 12.7 Å². The zero-order valence-corrected chi connectivity index (χ0v) is 12.2. The fourth-order valence-corrected chi connectivity index (χ4v) is 1.32. The first-order valence-corrected chi connectivity index (χ1v) is 6.17. The van der Waals surface area contributed by atoms with Gasteiger partial charge in [0.2, 0.25) is 0 Å². The van der Waals surface area contributed by atoms with Crippen molar-refractivity contribution < 1.29 is 23.9 Å². The lowest BCUT2D eigenvalue weighted by Crippen LogP contribution is -2.27. The van der Waals surface area contributed by atoms with Crippen molar-refractivity contribution in [2.75, 3.05) is 27.8 Å². The summed E-state index contributed by atoms with van der Waals surface area (Å²) in [5.41, 5.74) is 1.15. The number of hydrogen-bond donors (Lipinski definition) is 0. The van der Waals surface area contributed by atoms with Crippen molar-refractivity contribution in [1.29, 1.82) is 0 Å².